The number of rotatable bonds is 1. The largest absolute Gasteiger partial charge is 0.365 e. The number of fused-ring (bicyclic) bond motifs is 3. The first kappa shape index (κ1) is 10.1. The van der Waals surface area contributed by atoms with Gasteiger partial charge in [0.2, 0.25) is 0 Å². The Balaban J connectivity index is 1.95. The maximum Gasteiger partial charge on any atom is 0.146 e. The highest BCUT2D eigenvalue weighted by Gasteiger charge is 2.35. The van der Waals surface area contributed by atoms with Crippen molar-refractivity contribution in [3.63, 3.8) is 0 Å². The molecule has 0 saturated carbocycles. The van der Waals surface area contributed by atoms with E-state index >= 15 is 0 Å². The van der Waals surface area contributed by atoms with E-state index in [-0.39, 0.29) is 5.82 Å². The van der Waals surface area contributed by atoms with Crippen molar-refractivity contribution in [1.29, 1.82) is 0 Å². The monoisotopic (exact) mass is 220 g/mol. The summed E-state index contributed by atoms with van der Waals surface area (Å²) in [5, 5.41) is 0. The molecule has 1 fully saturated rings. The first-order valence-corrected chi connectivity index (χ1v) is 6.03. The molecule has 2 atom stereocenters. The van der Waals surface area contributed by atoms with Crippen LogP contribution < -0.4 is 10.6 Å². The fourth-order valence-corrected chi connectivity index (χ4v) is 3.08. The van der Waals surface area contributed by atoms with Crippen LogP contribution in [0.5, 0.6) is 0 Å². The molecule has 0 aromatic heterocycles. The highest BCUT2D eigenvalue weighted by atomic mass is 19.1. The molecule has 0 aliphatic carbocycles. The summed E-state index contributed by atoms with van der Waals surface area (Å²) in [6.45, 7) is 1.64. The summed E-state index contributed by atoms with van der Waals surface area (Å²) in [6.07, 6.45) is 3.34. The normalized spacial score (nSPS) is 27.8. The van der Waals surface area contributed by atoms with Gasteiger partial charge in [-0.15, -0.1) is 0 Å². The van der Waals surface area contributed by atoms with E-state index in [1.807, 2.05) is 12.1 Å². The molecule has 0 bridgehead atoms. The van der Waals surface area contributed by atoms with Crippen LogP contribution in [0.4, 0.5) is 10.1 Å². The van der Waals surface area contributed by atoms with Crippen LogP contribution in [0, 0.1) is 11.7 Å². The van der Waals surface area contributed by atoms with Crippen LogP contribution in [0.25, 0.3) is 0 Å². The molecule has 0 amide bonds. The second kappa shape index (κ2) is 3.74. The summed E-state index contributed by atoms with van der Waals surface area (Å²) in [5.74, 6) is 0.458. The number of benzene rings is 1. The van der Waals surface area contributed by atoms with Gasteiger partial charge in [-0.25, -0.2) is 4.39 Å². The van der Waals surface area contributed by atoms with Gasteiger partial charge in [-0.05, 0) is 43.4 Å². The lowest BCUT2D eigenvalue weighted by Gasteiger charge is -2.36. The SMILES string of the molecule is NCC1CCC2Cc3cccc(F)c3N2C1. The van der Waals surface area contributed by atoms with Gasteiger partial charge in [0.1, 0.15) is 5.82 Å². The third-order valence-corrected chi connectivity index (χ3v) is 3.95. The predicted octanol–water partition coefficient (Wildman–Crippen LogP) is 1.93. The molecule has 16 heavy (non-hydrogen) atoms. The molecule has 2 N–H and O–H groups in total. The van der Waals surface area contributed by atoms with Crippen molar-refractivity contribution in [3.8, 4) is 0 Å². The van der Waals surface area contributed by atoms with Crippen LogP contribution >= 0.6 is 0 Å². The van der Waals surface area contributed by atoms with Gasteiger partial charge in [0.05, 0.1) is 5.69 Å². The van der Waals surface area contributed by atoms with Crippen molar-refractivity contribution in [2.24, 2.45) is 11.7 Å². The van der Waals surface area contributed by atoms with Crippen LogP contribution in [0.1, 0.15) is 18.4 Å². The van der Waals surface area contributed by atoms with Crippen molar-refractivity contribution in [1.82, 2.24) is 0 Å². The zero-order chi connectivity index (χ0) is 11.1. The van der Waals surface area contributed by atoms with E-state index in [2.05, 4.69) is 4.90 Å². The van der Waals surface area contributed by atoms with Crippen molar-refractivity contribution >= 4 is 5.69 Å². The topological polar surface area (TPSA) is 29.3 Å². The Kier molecular flexibility index (Phi) is 2.36. The van der Waals surface area contributed by atoms with Crippen molar-refractivity contribution < 1.29 is 4.39 Å². The average Bonchev–Trinajstić information content (AvgIpc) is 2.67. The van der Waals surface area contributed by atoms with Gasteiger partial charge in [-0.3, -0.25) is 0 Å². The van der Waals surface area contributed by atoms with Gasteiger partial charge in [-0.1, -0.05) is 12.1 Å². The van der Waals surface area contributed by atoms with Gasteiger partial charge < -0.3 is 10.6 Å². The van der Waals surface area contributed by atoms with Crippen LogP contribution in [0.2, 0.25) is 0 Å². The molecule has 2 nitrogen and oxygen atoms in total. The summed E-state index contributed by atoms with van der Waals surface area (Å²) in [7, 11) is 0. The lowest BCUT2D eigenvalue weighted by Crippen LogP contribution is -2.43. The molecule has 1 aromatic rings. The number of halogens is 1. The van der Waals surface area contributed by atoms with Crippen LogP contribution in [0.3, 0.4) is 0 Å². The molecule has 2 unspecified atom stereocenters. The number of para-hydroxylation sites is 1. The third-order valence-electron chi connectivity index (χ3n) is 3.95. The quantitative estimate of drug-likeness (QED) is 0.783. The first-order chi connectivity index (χ1) is 7.79. The van der Waals surface area contributed by atoms with E-state index in [4.69, 9.17) is 5.73 Å². The fourth-order valence-electron chi connectivity index (χ4n) is 3.08. The molecular formula is C13H17FN2. The van der Waals surface area contributed by atoms with E-state index in [0.717, 1.165) is 25.1 Å². The zero-order valence-electron chi connectivity index (χ0n) is 9.32. The summed E-state index contributed by atoms with van der Waals surface area (Å²) >= 11 is 0. The number of nitrogens with zero attached hydrogens (tertiary/aromatic N) is 1. The Bertz CT molecular complexity index is 405. The molecule has 1 aromatic carbocycles. The Labute approximate surface area is 95.2 Å². The van der Waals surface area contributed by atoms with Crippen LogP contribution in [-0.2, 0) is 6.42 Å². The van der Waals surface area contributed by atoms with Gasteiger partial charge >= 0.3 is 0 Å². The molecule has 2 aliphatic heterocycles. The van der Waals surface area contributed by atoms with Crippen molar-refractivity contribution in [2.45, 2.75) is 25.3 Å². The second-order valence-corrected chi connectivity index (χ2v) is 4.94. The predicted molar refractivity (Wildman–Crippen MR) is 63.0 cm³/mol. The Hall–Kier alpha value is -1.09. The van der Waals surface area contributed by atoms with E-state index in [1.165, 1.54) is 12.0 Å². The van der Waals surface area contributed by atoms with E-state index in [1.54, 1.807) is 6.07 Å². The van der Waals surface area contributed by atoms with Crippen molar-refractivity contribution in [2.75, 3.05) is 18.0 Å². The minimum atomic E-state index is -0.0716. The molecule has 3 heteroatoms. The minimum absolute atomic E-state index is 0.0716. The summed E-state index contributed by atoms with van der Waals surface area (Å²) < 4.78 is 13.8. The molecule has 86 valence electrons. The lowest BCUT2D eigenvalue weighted by atomic mass is 9.93. The smallest absolute Gasteiger partial charge is 0.146 e. The van der Waals surface area contributed by atoms with Crippen LogP contribution in [-0.4, -0.2) is 19.1 Å². The fraction of sp³-hybridized carbons (Fsp3) is 0.538. The highest BCUT2D eigenvalue weighted by molar-refractivity contribution is 5.60. The summed E-state index contributed by atoms with van der Waals surface area (Å²) in [6, 6.07) is 5.93. The number of anilines is 1. The van der Waals surface area contributed by atoms with Crippen LogP contribution in [0.15, 0.2) is 18.2 Å². The van der Waals surface area contributed by atoms with Gasteiger partial charge in [0.15, 0.2) is 0 Å². The average molecular weight is 220 g/mol. The van der Waals surface area contributed by atoms with E-state index < -0.39 is 0 Å². The molecule has 0 radical (unpaired) electrons. The van der Waals surface area contributed by atoms with Crippen molar-refractivity contribution in [3.05, 3.63) is 29.6 Å². The lowest BCUT2D eigenvalue weighted by molar-refractivity contribution is 0.369. The van der Waals surface area contributed by atoms with E-state index in [9.17, 15) is 4.39 Å². The molecule has 3 rings (SSSR count). The number of nitrogens with two attached hydrogens (primary N) is 1. The Morgan fingerprint density at radius 3 is 3.06 bits per heavy atom. The summed E-state index contributed by atoms with van der Waals surface area (Å²) in [5.41, 5.74) is 7.73. The Morgan fingerprint density at radius 1 is 1.38 bits per heavy atom. The highest BCUT2D eigenvalue weighted by Crippen LogP contribution is 2.39. The molecule has 2 aliphatic rings. The molecular weight excluding hydrogens is 203 g/mol. The molecule has 1 saturated heterocycles. The third kappa shape index (κ3) is 1.42. The molecule has 0 spiro atoms. The van der Waals surface area contributed by atoms with Gasteiger partial charge in [0, 0.05) is 12.6 Å². The van der Waals surface area contributed by atoms with Gasteiger partial charge in [0.25, 0.3) is 0 Å². The molecule has 2 heterocycles. The number of hydrogen-bond acceptors (Lipinski definition) is 2. The van der Waals surface area contributed by atoms with Gasteiger partial charge in [-0.2, -0.15) is 0 Å². The maximum atomic E-state index is 13.8. The van der Waals surface area contributed by atoms with E-state index in [0.29, 0.717) is 18.5 Å². The second-order valence-electron chi connectivity index (χ2n) is 4.94. The maximum absolute atomic E-state index is 13.8. The first-order valence-electron chi connectivity index (χ1n) is 6.03. The zero-order valence-corrected chi connectivity index (χ0v) is 9.32. The number of piperidine rings is 1. The standard InChI is InChI=1S/C13H17FN2/c14-12-3-1-2-10-6-11-5-4-9(7-15)8-16(11)13(10)12/h1-3,9,11H,4-8,15H2. The number of hydrogen-bond donors (Lipinski definition) is 1. The summed E-state index contributed by atoms with van der Waals surface area (Å²) in [4.78, 5) is 2.24. The minimum Gasteiger partial charge on any atom is -0.365 e. The Morgan fingerprint density at radius 2 is 2.25 bits per heavy atom.